The predicted octanol–water partition coefficient (Wildman–Crippen LogP) is 7.52. The first-order valence-corrected chi connectivity index (χ1v) is 17.5. The molecule has 0 bridgehead atoms. The molecule has 1 aromatic rings. The van der Waals surface area contributed by atoms with Gasteiger partial charge in [-0.05, 0) is 49.4 Å². The van der Waals surface area contributed by atoms with Crippen LogP contribution in [0.15, 0.2) is 42.5 Å². The van der Waals surface area contributed by atoms with Crippen molar-refractivity contribution >= 4 is 21.6 Å². The third-order valence-electron chi connectivity index (χ3n) is 7.15. The number of hydrogen-bond donors (Lipinski definition) is 0. The summed E-state index contributed by atoms with van der Waals surface area (Å²) in [4.78, 5) is 0. The zero-order valence-electron chi connectivity index (χ0n) is 19.6. The Labute approximate surface area is 177 Å². The molecule has 2 rings (SSSR count). The maximum Gasteiger partial charge on any atom is 0.192 e. The lowest BCUT2D eigenvalue weighted by Crippen LogP contribution is -2.46. The molecule has 1 unspecified atom stereocenters. The minimum absolute atomic E-state index is 0.284. The molecule has 1 fully saturated rings. The lowest BCUT2D eigenvalue weighted by molar-refractivity contribution is 0.0959. The van der Waals surface area contributed by atoms with Crippen LogP contribution in [0.25, 0.3) is 0 Å². The highest BCUT2D eigenvalue weighted by atomic mass is 28.4. The van der Waals surface area contributed by atoms with Crippen LogP contribution >= 0.6 is 0 Å². The van der Waals surface area contributed by atoms with E-state index in [9.17, 15) is 0 Å². The molecule has 1 nitrogen and oxygen atoms in total. The van der Waals surface area contributed by atoms with Crippen LogP contribution in [-0.4, -0.2) is 22.5 Å². The number of hydrogen-bond acceptors (Lipinski definition) is 1. The van der Waals surface area contributed by atoms with E-state index in [1.54, 1.807) is 5.19 Å². The fourth-order valence-electron chi connectivity index (χ4n) is 4.01. The Morgan fingerprint density at radius 3 is 2.14 bits per heavy atom. The molecule has 3 heteroatoms. The minimum atomic E-state index is -1.73. The van der Waals surface area contributed by atoms with Gasteiger partial charge in [-0.1, -0.05) is 101 Å². The first-order chi connectivity index (χ1) is 13.0. The van der Waals surface area contributed by atoms with E-state index in [0.29, 0.717) is 6.10 Å². The molecule has 0 aromatic heterocycles. The molecular formula is C25H44OSi2. The standard InChI is InChI=1S/C25H44OSi2/c1-25(2,3)28(6,7)26-24(22-16-10-8-11-17-22)20-14-15-21-27(4,5)23-18-12-9-13-19-23/h9,12-15,18-19,22,24H,8,10-11,16-17,20-21H2,1-7H3/b15-14-. The van der Waals surface area contributed by atoms with Crippen LogP contribution in [0.5, 0.6) is 0 Å². The van der Waals surface area contributed by atoms with Gasteiger partial charge in [-0.25, -0.2) is 0 Å². The Morgan fingerprint density at radius 2 is 1.57 bits per heavy atom. The highest BCUT2D eigenvalue weighted by molar-refractivity contribution is 6.90. The molecule has 0 amide bonds. The molecule has 0 spiro atoms. The molecule has 0 N–H and O–H groups in total. The zero-order valence-corrected chi connectivity index (χ0v) is 21.6. The maximum atomic E-state index is 6.96. The van der Waals surface area contributed by atoms with Gasteiger partial charge in [-0.15, -0.1) is 0 Å². The Kier molecular flexibility index (Phi) is 8.36. The molecule has 1 saturated carbocycles. The van der Waals surface area contributed by atoms with E-state index in [4.69, 9.17) is 4.43 Å². The average molecular weight is 417 g/mol. The third-order valence-corrected chi connectivity index (χ3v) is 14.8. The molecular weight excluding hydrogens is 372 g/mol. The van der Waals surface area contributed by atoms with E-state index in [0.717, 1.165) is 12.3 Å². The SMILES string of the molecule is CC(C)(C)[Si](C)(C)OC(C/C=C\C[Si](C)(C)c1ccccc1)C1CCCCC1. The van der Waals surface area contributed by atoms with Gasteiger partial charge in [0.1, 0.15) is 0 Å². The first kappa shape index (κ1) is 23.6. The number of benzene rings is 1. The van der Waals surface area contributed by atoms with Gasteiger partial charge in [-0.2, -0.15) is 0 Å². The Balaban J connectivity index is 2.02. The van der Waals surface area contributed by atoms with Gasteiger partial charge < -0.3 is 4.43 Å². The molecule has 0 saturated heterocycles. The average Bonchev–Trinajstić information content (AvgIpc) is 2.64. The van der Waals surface area contributed by atoms with Gasteiger partial charge in [0.15, 0.2) is 8.32 Å². The lowest BCUT2D eigenvalue weighted by Gasteiger charge is -2.42. The first-order valence-electron chi connectivity index (χ1n) is 11.4. The van der Waals surface area contributed by atoms with Crippen LogP contribution in [0, 0.1) is 5.92 Å². The van der Waals surface area contributed by atoms with E-state index >= 15 is 0 Å². The largest absolute Gasteiger partial charge is 0.413 e. The van der Waals surface area contributed by atoms with Crippen LogP contribution in [0.2, 0.25) is 37.3 Å². The summed E-state index contributed by atoms with van der Waals surface area (Å²) in [5.74, 6) is 0.756. The van der Waals surface area contributed by atoms with Crippen LogP contribution < -0.4 is 5.19 Å². The summed E-state index contributed by atoms with van der Waals surface area (Å²) in [6.45, 7) is 16.9. The van der Waals surface area contributed by atoms with Crippen molar-refractivity contribution < 1.29 is 4.43 Å². The summed E-state index contributed by atoms with van der Waals surface area (Å²) < 4.78 is 6.96. The van der Waals surface area contributed by atoms with Crippen molar-refractivity contribution in [1.82, 2.24) is 0 Å². The Morgan fingerprint density at radius 1 is 0.964 bits per heavy atom. The summed E-state index contributed by atoms with van der Waals surface area (Å²) >= 11 is 0. The lowest BCUT2D eigenvalue weighted by atomic mass is 9.84. The zero-order chi connectivity index (χ0) is 20.8. The van der Waals surface area contributed by atoms with Gasteiger partial charge in [0, 0.05) is 0 Å². The molecule has 28 heavy (non-hydrogen) atoms. The van der Waals surface area contributed by atoms with Crippen molar-refractivity contribution in [2.75, 3.05) is 0 Å². The second-order valence-electron chi connectivity index (χ2n) is 11.0. The Hall–Kier alpha value is -0.646. The van der Waals surface area contributed by atoms with Crippen molar-refractivity contribution in [1.29, 1.82) is 0 Å². The van der Waals surface area contributed by atoms with E-state index in [-0.39, 0.29) is 5.04 Å². The fraction of sp³-hybridized carbons (Fsp3) is 0.680. The van der Waals surface area contributed by atoms with Crippen molar-refractivity contribution in [2.45, 2.75) is 103 Å². The minimum Gasteiger partial charge on any atom is -0.413 e. The second kappa shape index (κ2) is 9.91. The summed E-state index contributed by atoms with van der Waals surface area (Å²) in [6, 6.07) is 12.3. The summed E-state index contributed by atoms with van der Waals surface area (Å²) in [5.41, 5.74) is 0. The van der Waals surface area contributed by atoms with Crippen LogP contribution in [-0.2, 0) is 4.43 Å². The quantitative estimate of drug-likeness (QED) is 0.314. The van der Waals surface area contributed by atoms with Crippen LogP contribution in [0.3, 0.4) is 0 Å². The van der Waals surface area contributed by atoms with Crippen molar-refractivity contribution in [3.8, 4) is 0 Å². The molecule has 158 valence electrons. The maximum absolute atomic E-state index is 6.96. The van der Waals surface area contributed by atoms with Crippen molar-refractivity contribution in [3.63, 3.8) is 0 Å². The van der Waals surface area contributed by atoms with Gasteiger partial charge in [-0.3, -0.25) is 0 Å². The second-order valence-corrected chi connectivity index (χ2v) is 20.5. The summed E-state index contributed by atoms with van der Waals surface area (Å²) in [7, 11) is -3.11. The van der Waals surface area contributed by atoms with E-state index in [2.05, 4.69) is 89.4 Å². The third kappa shape index (κ3) is 6.71. The van der Waals surface area contributed by atoms with E-state index in [1.807, 2.05) is 0 Å². The highest BCUT2D eigenvalue weighted by Crippen LogP contribution is 2.40. The highest BCUT2D eigenvalue weighted by Gasteiger charge is 2.40. The molecule has 0 heterocycles. The predicted molar refractivity (Wildman–Crippen MR) is 131 cm³/mol. The molecule has 1 aliphatic carbocycles. The number of rotatable bonds is 8. The Bertz CT molecular complexity index is 607. The van der Waals surface area contributed by atoms with Gasteiger partial charge >= 0.3 is 0 Å². The van der Waals surface area contributed by atoms with Crippen molar-refractivity contribution in [3.05, 3.63) is 42.5 Å². The van der Waals surface area contributed by atoms with Crippen LogP contribution in [0.1, 0.15) is 59.3 Å². The molecule has 0 radical (unpaired) electrons. The summed E-state index contributed by atoms with van der Waals surface area (Å²) in [6.07, 6.45) is 13.3. The molecule has 1 aromatic carbocycles. The van der Waals surface area contributed by atoms with Crippen LogP contribution in [0.4, 0.5) is 0 Å². The number of allylic oxidation sites excluding steroid dienone is 1. The molecule has 1 aliphatic rings. The van der Waals surface area contributed by atoms with Crippen molar-refractivity contribution in [2.24, 2.45) is 5.92 Å². The summed E-state index contributed by atoms with van der Waals surface area (Å²) in [5, 5.41) is 1.84. The topological polar surface area (TPSA) is 9.23 Å². The van der Waals surface area contributed by atoms with Gasteiger partial charge in [0.05, 0.1) is 14.2 Å². The van der Waals surface area contributed by atoms with E-state index in [1.165, 1.54) is 38.1 Å². The normalized spacial score (nSPS) is 18.5. The van der Waals surface area contributed by atoms with E-state index < -0.39 is 16.4 Å². The monoisotopic (exact) mass is 416 g/mol. The fourth-order valence-corrected chi connectivity index (χ4v) is 7.50. The molecule has 1 atom stereocenters. The smallest absolute Gasteiger partial charge is 0.192 e. The van der Waals surface area contributed by atoms with Gasteiger partial charge in [0.2, 0.25) is 0 Å². The molecule has 0 aliphatic heterocycles. The van der Waals surface area contributed by atoms with Gasteiger partial charge in [0.25, 0.3) is 0 Å².